The Morgan fingerprint density at radius 2 is 2.32 bits per heavy atom. The molecule has 0 saturated carbocycles. The van der Waals surface area contributed by atoms with Gasteiger partial charge in [-0.05, 0) is 25.3 Å². The number of aryl methyl sites for hydroxylation is 1. The van der Waals surface area contributed by atoms with Gasteiger partial charge in [0.25, 0.3) is 11.6 Å². The number of benzene rings is 1. The van der Waals surface area contributed by atoms with Crippen molar-refractivity contribution in [3.63, 3.8) is 0 Å². The van der Waals surface area contributed by atoms with Gasteiger partial charge in [-0.1, -0.05) is 12.1 Å². The molecular weight excluding hydrogens is 248 g/mol. The third-order valence-electron chi connectivity index (χ3n) is 3.51. The molecule has 0 radical (unpaired) electrons. The zero-order chi connectivity index (χ0) is 14.0. The molecule has 1 aliphatic rings. The maximum atomic E-state index is 12.5. The molecule has 19 heavy (non-hydrogen) atoms. The molecule has 6 nitrogen and oxygen atoms in total. The Balaban J connectivity index is 2.41. The van der Waals surface area contributed by atoms with Crippen LogP contribution in [0.4, 0.5) is 5.69 Å². The average molecular weight is 264 g/mol. The minimum Gasteiger partial charge on any atom is -0.394 e. The van der Waals surface area contributed by atoms with Crippen LogP contribution in [-0.2, 0) is 0 Å². The van der Waals surface area contributed by atoms with E-state index in [9.17, 15) is 20.0 Å². The van der Waals surface area contributed by atoms with E-state index in [1.54, 1.807) is 19.1 Å². The van der Waals surface area contributed by atoms with Gasteiger partial charge in [0.15, 0.2) is 0 Å². The van der Waals surface area contributed by atoms with Crippen LogP contribution in [0.1, 0.15) is 28.8 Å². The van der Waals surface area contributed by atoms with E-state index in [1.807, 2.05) is 0 Å². The summed E-state index contributed by atoms with van der Waals surface area (Å²) in [6, 6.07) is 4.36. The van der Waals surface area contributed by atoms with Crippen molar-refractivity contribution in [2.75, 3.05) is 13.2 Å². The van der Waals surface area contributed by atoms with Gasteiger partial charge in [-0.15, -0.1) is 0 Å². The summed E-state index contributed by atoms with van der Waals surface area (Å²) >= 11 is 0. The summed E-state index contributed by atoms with van der Waals surface area (Å²) in [5.41, 5.74) is 0.546. The zero-order valence-corrected chi connectivity index (χ0v) is 10.7. The summed E-state index contributed by atoms with van der Waals surface area (Å²) in [4.78, 5) is 24.5. The SMILES string of the molecule is Cc1cccc([N+](=O)[O-])c1C(=O)N1CCC[C@@H]1CO. The van der Waals surface area contributed by atoms with Gasteiger partial charge < -0.3 is 10.0 Å². The molecule has 0 aromatic heterocycles. The summed E-state index contributed by atoms with van der Waals surface area (Å²) in [5.74, 6) is -0.360. The Bertz CT molecular complexity index is 515. The molecule has 102 valence electrons. The number of rotatable bonds is 3. The first-order valence-electron chi connectivity index (χ1n) is 6.22. The Morgan fingerprint density at radius 1 is 1.58 bits per heavy atom. The number of likely N-dealkylation sites (tertiary alicyclic amines) is 1. The third-order valence-corrected chi connectivity index (χ3v) is 3.51. The minimum atomic E-state index is -0.537. The molecular formula is C13H16N2O4. The van der Waals surface area contributed by atoms with Crippen molar-refractivity contribution in [1.82, 2.24) is 4.90 Å². The number of amides is 1. The molecule has 0 spiro atoms. The van der Waals surface area contributed by atoms with Gasteiger partial charge in [0.05, 0.1) is 17.6 Å². The van der Waals surface area contributed by atoms with Gasteiger partial charge in [0.2, 0.25) is 0 Å². The van der Waals surface area contributed by atoms with Crippen LogP contribution in [0.2, 0.25) is 0 Å². The molecule has 0 bridgehead atoms. The van der Waals surface area contributed by atoms with Crippen molar-refractivity contribution >= 4 is 11.6 Å². The van der Waals surface area contributed by atoms with Gasteiger partial charge in [-0.3, -0.25) is 14.9 Å². The third kappa shape index (κ3) is 2.44. The van der Waals surface area contributed by atoms with E-state index in [2.05, 4.69) is 0 Å². The fourth-order valence-corrected chi connectivity index (χ4v) is 2.52. The number of nitro benzene ring substituents is 1. The van der Waals surface area contributed by atoms with Crippen molar-refractivity contribution in [1.29, 1.82) is 0 Å². The number of carbonyl (C=O) groups is 1. The lowest BCUT2D eigenvalue weighted by Crippen LogP contribution is -2.38. The highest BCUT2D eigenvalue weighted by Crippen LogP contribution is 2.27. The van der Waals surface area contributed by atoms with Crippen LogP contribution in [0.15, 0.2) is 18.2 Å². The normalized spacial score (nSPS) is 18.6. The van der Waals surface area contributed by atoms with Gasteiger partial charge in [0.1, 0.15) is 5.56 Å². The molecule has 1 heterocycles. The lowest BCUT2D eigenvalue weighted by molar-refractivity contribution is -0.385. The molecule has 1 aliphatic heterocycles. The summed E-state index contributed by atoms with van der Waals surface area (Å²) in [5, 5.41) is 20.3. The van der Waals surface area contributed by atoms with Crippen molar-refractivity contribution in [3.05, 3.63) is 39.4 Å². The molecule has 6 heteroatoms. The molecule has 1 fully saturated rings. The van der Waals surface area contributed by atoms with Crippen molar-refractivity contribution in [2.45, 2.75) is 25.8 Å². The standard InChI is InChI=1S/C13H16N2O4/c1-9-4-2-6-11(15(18)19)12(9)13(17)14-7-3-5-10(14)8-16/h2,4,6,10,16H,3,5,7-8H2,1H3/t10-/m1/s1. The van der Waals surface area contributed by atoms with Crippen molar-refractivity contribution in [3.8, 4) is 0 Å². The highest BCUT2D eigenvalue weighted by atomic mass is 16.6. The fraction of sp³-hybridized carbons (Fsp3) is 0.462. The van der Waals surface area contributed by atoms with E-state index in [1.165, 1.54) is 11.0 Å². The van der Waals surface area contributed by atoms with E-state index >= 15 is 0 Å². The summed E-state index contributed by atoms with van der Waals surface area (Å²) < 4.78 is 0. The van der Waals surface area contributed by atoms with Crippen LogP contribution >= 0.6 is 0 Å². The van der Waals surface area contributed by atoms with E-state index in [0.717, 1.165) is 12.8 Å². The molecule has 2 rings (SSSR count). The van der Waals surface area contributed by atoms with Gasteiger partial charge in [0, 0.05) is 12.6 Å². The first-order chi connectivity index (χ1) is 9.06. The van der Waals surface area contributed by atoms with Crippen molar-refractivity contribution in [2.24, 2.45) is 0 Å². The van der Waals surface area contributed by atoms with Gasteiger partial charge in [-0.25, -0.2) is 0 Å². The van der Waals surface area contributed by atoms with E-state index in [4.69, 9.17) is 0 Å². The Labute approximate surface area is 110 Å². The Hall–Kier alpha value is -1.95. The second-order valence-corrected chi connectivity index (χ2v) is 4.70. The second-order valence-electron chi connectivity index (χ2n) is 4.70. The first-order valence-corrected chi connectivity index (χ1v) is 6.22. The smallest absolute Gasteiger partial charge is 0.282 e. The highest BCUT2D eigenvalue weighted by molar-refractivity contribution is 5.99. The maximum absolute atomic E-state index is 12.5. The Kier molecular flexibility index (Phi) is 3.80. The van der Waals surface area contributed by atoms with Crippen LogP contribution in [0.25, 0.3) is 0 Å². The van der Waals surface area contributed by atoms with Crippen LogP contribution in [0.5, 0.6) is 0 Å². The predicted octanol–water partition coefficient (Wildman–Crippen LogP) is 1.50. The summed E-state index contributed by atoms with van der Waals surface area (Å²) in [7, 11) is 0. The molecule has 0 aliphatic carbocycles. The van der Waals surface area contributed by atoms with Crippen LogP contribution in [-0.4, -0.2) is 40.0 Å². The molecule has 1 saturated heterocycles. The quantitative estimate of drug-likeness (QED) is 0.662. The van der Waals surface area contributed by atoms with Crippen LogP contribution in [0, 0.1) is 17.0 Å². The van der Waals surface area contributed by atoms with Crippen LogP contribution < -0.4 is 0 Å². The van der Waals surface area contributed by atoms with Crippen LogP contribution in [0.3, 0.4) is 0 Å². The number of hydrogen-bond donors (Lipinski definition) is 1. The molecule has 0 unspecified atom stereocenters. The van der Waals surface area contributed by atoms with E-state index < -0.39 is 4.92 Å². The number of nitrogens with zero attached hydrogens (tertiary/aromatic N) is 2. The maximum Gasteiger partial charge on any atom is 0.282 e. The number of aliphatic hydroxyl groups excluding tert-OH is 1. The minimum absolute atomic E-state index is 0.106. The van der Waals surface area contributed by atoms with Gasteiger partial charge in [-0.2, -0.15) is 0 Å². The lowest BCUT2D eigenvalue weighted by atomic mass is 10.0. The van der Waals surface area contributed by atoms with E-state index in [0.29, 0.717) is 12.1 Å². The second kappa shape index (κ2) is 5.36. The molecule has 1 amide bonds. The number of nitro groups is 1. The summed E-state index contributed by atoms with van der Waals surface area (Å²) in [6.07, 6.45) is 1.55. The molecule has 1 aromatic carbocycles. The number of aliphatic hydroxyl groups is 1. The molecule has 1 N–H and O–H groups in total. The topological polar surface area (TPSA) is 83.7 Å². The monoisotopic (exact) mass is 264 g/mol. The van der Waals surface area contributed by atoms with Gasteiger partial charge >= 0.3 is 0 Å². The number of carbonyl (C=O) groups excluding carboxylic acids is 1. The number of hydrogen-bond acceptors (Lipinski definition) is 4. The van der Waals surface area contributed by atoms with Crippen molar-refractivity contribution < 1.29 is 14.8 Å². The Morgan fingerprint density at radius 3 is 2.95 bits per heavy atom. The predicted molar refractivity (Wildman–Crippen MR) is 69.0 cm³/mol. The van der Waals surface area contributed by atoms with E-state index in [-0.39, 0.29) is 29.8 Å². The lowest BCUT2D eigenvalue weighted by Gasteiger charge is -2.23. The first kappa shape index (κ1) is 13.5. The highest BCUT2D eigenvalue weighted by Gasteiger charge is 2.33. The zero-order valence-electron chi connectivity index (χ0n) is 10.7. The molecule has 1 atom stereocenters. The molecule has 1 aromatic rings. The largest absolute Gasteiger partial charge is 0.394 e. The average Bonchev–Trinajstić information content (AvgIpc) is 2.85. The summed E-state index contributed by atoms with van der Waals surface area (Å²) in [6.45, 7) is 2.12. The fourth-order valence-electron chi connectivity index (χ4n) is 2.52.